The molecule has 182 valence electrons. The molecule has 0 aliphatic heterocycles. The molecule has 3 aromatic heterocycles. The Balaban J connectivity index is 1.28. The number of aryl methyl sites for hydroxylation is 1. The maximum absolute atomic E-state index is 14.1. The van der Waals surface area contributed by atoms with Gasteiger partial charge in [0.2, 0.25) is 5.88 Å². The molecular formula is C27H25FN6O2. The summed E-state index contributed by atoms with van der Waals surface area (Å²) in [7, 11) is 3.11. The van der Waals surface area contributed by atoms with Crippen LogP contribution in [0.5, 0.6) is 11.6 Å². The first-order valence-corrected chi connectivity index (χ1v) is 11.4. The zero-order valence-corrected chi connectivity index (χ0v) is 20.2. The Morgan fingerprint density at radius 1 is 0.861 bits per heavy atom. The molecule has 0 aliphatic rings. The lowest BCUT2D eigenvalue weighted by Gasteiger charge is -2.11. The summed E-state index contributed by atoms with van der Waals surface area (Å²) in [5, 5.41) is 12.5. The molecule has 5 rings (SSSR count). The second-order valence-electron chi connectivity index (χ2n) is 8.23. The van der Waals surface area contributed by atoms with Gasteiger partial charge in [-0.1, -0.05) is 24.3 Å². The molecule has 0 saturated heterocycles. The second kappa shape index (κ2) is 9.99. The van der Waals surface area contributed by atoms with Gasteiger partial charge in [-0.15, -0.1) is 10.2 Å². The van der Waals surface area contributed by atoms with E-state index in [1.54, 1.807) is 20.3 Å². The first-order valence-electron chi connectivity index (χ1n) is 11.4. The lowest BCUT2D eigenvalue weighted by Crippen LogP contribution is -2.12. The highest BCUT2D eigenvalue weighted by Crippen LogP contribution is 2.30. The number of benzene rings is 2. The summed E-state index contributed by atoms with van der Waals surface area (Å²) in [6.07, 6.45) is 1.54. The highest BCUT2D eigenvalue weighted by molar-refractivity contribution is 5.87. The Kier molecular flexibility index (Phi) is 6.44. The van der Waals surface area contributed by atoms with Gasteiger partial charge in [0.1, 0.15) is 23.7 Å². The quantitative estimate of drug-likeness (QED) is 0.327. The van der Waals surface area contributed by atoms with Crippen molar-refractivity contribution in [2.75, 3.05) is 26.1 Å². The first-order chi connectivity index (χ1) is 17.6. The molecule has 0 atom stereocenters. The molecule has 3 heterocycles. The van der Waals surface area contributed by atoms with Crippen molar-refractivity contribution in [1.82, 2.24) is 24.7 Å². The highest BCUT2D eigenvalue weighted by Gasteiger charge is 2.12. The molecular weight excluding hydrogens is 459 g/mol. The molecule has 0 amide bonds. The van der Waals surface area contributed by atoms with E-state index in [-0.39, 0.29) is 5.82 Å². The Bertz CT molecular complexity index is 1500. The van der Waals surface area contributed by atoms with E-state index in [0.717, 1.165) is 39.1 Å². The van der Waals surface area contributed by atoms with E-state index in [4.69, 9.17) is 9.47 Å². The third kappa shape index (κ3) is 4.68. The standard InChI is InChI=1S/C27H25FN6O2/c1-17-12-21-24(13-20(28)14-25(21)35-2)34(17)11-10-29-26-15-23(30-16-31-26)19-6-4-18(5-7-19)22-8-9-27(36-3)33-32-22/h4-9,12-16H,10-11H2,1-3H3,(H,29,30,31). The summed E-state index contributed by atoms with van der Waals surface area (Å²) in [6.45, 7) is 3.25. The summed E-state index contributed by atoms with van der Waals surface area (Å²) >= 11 is 0. The average Bonchev–Trinajstić information content (AvgIpc) is 3.23. The SMILES string of the molecule is COc1ccc(-c2ccc(-c3cc(NCCn4c(C)cc5c(OC)cc(F)cc54)ncn3)cc2)nn1. The van der Waals surface area contributed by atoms with Gasteiger partial charge >= 0.3 is 0 Å². The largest absolute Gasteiger partial charge is 0.496 e. The van der Waals surface area contributed by atoms with Crippen molar-refractivity contribution in [3.63, 3.8) is 0 Å². The number of hydrogen-bond acceptors (Lipinski definition) is 7. The van der Waals surface area contributed by atoms with E-state index in [0.29, 0.717) is 30.5 Å². The van der Waals surface area contributed by atoms with E-state index < -0.39 is 0 Å². The van der Waals surface area contributed by atoms with Gasteiger partial charge in [-0.2, -0.15) is 0 Å². The van der Waals surface area contributed by atoms with Gasteiger partial charge in [0, 0.05) is 53.5 Å². The maximum Gasteiger partial charge on any atom is 0.233 e. The number of hydrogen-bond donors (Lipinski definition) is 1. The minimum absolute atomic E-state index is 0.322. The minimum atomic E-state index is -0.322. The zero-order valence-electron chi connectivity index (χ0n) is 20.2. The number of halogens is 1. The predicted octanol–water partition coefficient (Wildman–Crippen LogP) is 5.13. The molecule has 2 aromatic carbocycles. The van der Waals surface area contributed by atoms with Crippen LogP contribution in [0.4, 0.5) is 10.2 Å². The molecule has 0 aliphatic carbocycles. The number of aromatic nitrogens is 5. The molecule has 0 unspecified atom stereocenters. The minimum Gasteiger partial charge on any atom is -0.496 e. The van der Waals surface area contributed by atoms with Crippen molar-refractivity contribution in [3.8, 4) is 34.1 Å². The zero-order chi connectivity index (χ0) is 25.1. The molecule has 5 aromatic rings. The van der Waals surface area contributed by atoms with Crippen LogP contribution in [0.2, 0.25) is 0 Å². The van der Waals surface area contributed by atoms with Gasteiger partial charge in [0.15, 0.2) is 0 Å². The highest BCUT2D eigenvalue weighted by atomic mass is 19.1. The van der Waals surface area contributed by atoms with Crippen LogP contribution in [0.1, 0.15) is 5.69 Å². The number of nitrogens with one attached hydrogen (secondary N) is 1. The number of anilines is 1. The summed E-state index contributed by atoms with van der Waals surface area (Å²) in [4.78, 5) is 8.77. The Morgan fingerprint density at radius 2 is 1.64 bits per heavy atom. The average molecular weight is 485 g/mol. The van der Waals surface area contributed by atoms with Gasteiger partial charge < -0.3 is 19.4 Å². The summed E-state index contributed by atoms with van der Waals surface area (Å²) in [6, 6.07) is 18.5. The lowest BCUT2D eigenvalue weighted by atomic mass is 10.1. The van der Waals surface area contributed by atoms with Crippen LogP contribution in [0.25, 0.3) is 33.4 Å². The normalized spacial score (nSPS) is 11.0. The van der Waals surface area contributed by atoms with Crippen LogP contribution in [0, 0.1) is 12.7 Å². The Morgan fingerprint density at radius 3 is 2.33 bits per heavy atom. The number of nitrogens with zero attached hydrogens (tertiary/aromatic N) is 5. The van der Waals surface area contributed by atoms with E-state index in [2.05, 4.69) is 30.0 Å². The van der Waals surface area contributed by atoms with Crippen LogP contribution >= 0.6 is 0 Å². The fourth-order valence-electron chi connectivity index (χ4n) is 4.19. The fraction of sp³-hybridized carbons (Fsp3) is 0.185. The monoisotopic (exact) mass is 484 g/mol. The molecule has 0 radical (unpaired) electrons. The van der Waals surface area contributed by atoms with Gasteiger partial charge in [0.25, 0.3) is 0 Å². The number of rotatable bonds is 8. The van der Waals surface area contributed by atoms with E-state index in [1.165, 1.54) is 18.5 Å². The van der Waals surface area contributed by atoms with Crippen molar-refractivity contribution in [3.05, 3.63) is 78.5 Å². The van der Waals surface area contributed by atoms with Gasteiger partial charge in [-0.25, -0.2) is 14.4 Å². The van der Waals surface area contributed by atoms with E-state index in [1.807, 2.05) is 49.4 Å². The lowest BCUT2D eigenvalue weighted by molar-refractivity contribution is 0.392. The Labute approximate surface area is 207 Å². The van der Waals surface area contributed by atoms with Gasteiger partial charge in [0.05, 0.1) is 31.1 Å². The van der Waals surface area contributed by atoms with Crippen LogP contribution < -0.4 is 14.8 Å². The van der Waals surface area contributed by atoms with Crippen LogP contribution in [0.3, 0.4) is 0 Å². The summed E-state index contributed by atoms with van der Waals surface area (Å²) < 4.78 is 26.6. The number of fused-ring (bicyclic) bond motifs is 1. The van der Waals surface area contributed by atoms with Crippen molar-refractivity contribution in [2.45, 2.75) is 13.5 Å². The number of ether oxygens (including phenoxy) is 2. The molecule has 1 N–H and O–H groups in total. The molecule has 9 heteroatoms. The fourth-order valence-corrected chi connectivity index (χ4v) is 4.19. The topological polar surface area (TPSA) is 87.0 Å². The van der Waals surface area contributed by atoms with E-state index in [9.17, 15) is 4.39 Å². The smallest absolute Gasteiger partial charge is 0.233 e. The van der Waals surface area contributed by atoms with Crippen molar-refractivity contribution in [2.24, 2.45) is 0 Å². The summed E-state index contributed by atoms with van der Waals surface area (Å²) in [5.74, 6) is 1.40. The Hall–Kier alpha value is -4.53. The molecule has 0 bridgehead atoms. The molecule has 0 spiro atoms. The predicted molar refractivity (Wildman–Crippen MR) is 137 cm³/mol. The molecule has 0 saturated carbocycles. The van der Waals surface area contributed by atoms with Gasteiger partial charge in [-0.05, 0) is 25.1 Å². The van der Waals surface area contributed by atoms with Crippen molar-refractivity contribution in [1.29, 1.82) is 0 Å². The number of methoxy groups -OCH3 is 2. The maximum atomic E-state index is 14.1. The first kappa shape index (κ1) is 23.2. The summed E-state index contributed by atoms with van der Waals surface area (Å²) in [5.41, 5.74) is 5.30. The van der Waals surface area contributed by atoms with Crippen LogP contribution in [-0.2, 0) is 6.54 Å². The van der Waals surface area contributed by atoms with Crippen molar-refractivity contribution >= 4 is 16.7 Å². The molecule has 36 heavy (non-hydrogen) atoms. The van der Waals surface area contributed by atoms with Crippen LogP contribution in [0.15, 0.2) is 67.0 Å². The third-order valence-corrected chi connectivity index (χ3v) is 6.01. The second-order valence-corrected chi connectivity index (χ2v) is 8.23. The molecule has 0 fully saturated rings. The van der Waals surface area contributed by atoms with Crippen molar-refractivity contribution < 1.29 is 13.9 Å². The third-order valence-electron chi connectivity index (χ3n) is 6.01. The van der Waals surface area contributed by atoms with E-state index >= 15 is 0 Å². The van der Waals surface area contributed by atoms with Crippen LogP contribution in [-0.4, -0.2) is 45.5 Å². The molecule has 8 nitrogen and oxygen atoms in total. The van der Waals surface area contributed by atoms with Gasteiger partial charge in [-0.3, -0.25) is 0 Å².